The van der Waals surface area contributed by atoms with Crippen LogP contribution in [0.1, 0.15) is 23.8 Å². The minimum Gasteiger partial charge on any atom is -0.461 e. The molecule has 1 fully saturated rings. The molecule has 17 heavy (non-hydrogen) atoms. The fourth-order valence-corrected chi connectivity index (χ4v) is 2.53. The van der Waals surface area contributed by atoms with Crippen LogP contribution in [0.25, 0.3) is 0 Å². The number of ether oxygens (including phenoxy) is 1. The molecule has 0 N–H and O–H groups in total. The maximum atomic E-state index is 11.4. The Hall–Kier alpha value is -1.17. The number of oxazole rings is 1. The Morgan fingerprint density at radius 1 is 1.59 bits per heavy atom. The summed E-state index contributed by atoms with van der Waals surface area (Å²) < 4.78 is 10.2. The van der Waals surface area contributed by atoms with E-state index in [-0.39, 0.29) is 5.69 Å². The number of rotatable bonds is 3. The summed E-state index contributed by atoms with van der Waals surface area (Å²) in [7, 11) is 0. The standard InChI is InChI=1S/C11H16N2O3S/c1-2-15-10(14)9-8-16-11(12-9)13-4-3-6-17-7-5-13/h8H,2-7H2,1H3. The molecule has 0 unspecified atom stereocenters. The van der Waals surface area contributed by atoms with Gasteiger partial charge in [0, 0.05) is 18.8 Å². The number of nitrogens with zero attached hydrogens (tertiary/aromatic N) is 2. The van der Waals surface area contributed by atoms with Gasteiger partial charge in [-0.1, -0.05) is 0 Å². The lowest BCUT2D eigenvalue weighted by Crippen LogP contribution is -2.25. The molecule has 1 aromatic rings. The van der Waals surface area contributed by atoms with Crippen LogP contribution in [0.3, 0.4) is 0 Å². The SMILES string of the molecule is CCOC(=O)c1coc(N2CCCSCC2)n1. The van der Waals surface area contributed by atoms with Crippen LogP contribution in [0, 0.1) is 0 Å². The van der Waals surface area contributed by atoms with Gasteiger partial charge in [-0.25, -0.2) is 4.79 Å². The van der Waals surface area contributed by atoms with Gasteiger partial charge in [0.15, 0.2) is 5.69 Å². The van der Waals surface area contributed by atoms with Crippen molar-refractivity contribution in [3.8, 4) is 0 Å². The molecule has 0 bridgehead atoms. The summed E-state index contributed by atoms with van der Waals surface area (Å²) in [4.78, 5) is 17.7. The Morgan fingerprint density at radius 2 is 2.47 bits per heavy atom. The van der Waals surface area contributed by atoms with E-state index in [2.05, 4.69) is 9.88 Å². The van der Waals surface area contributed by atoms with Gasteiger partial charge in [0.1, 0.15) is 6.26 Å². The van der Waals surface area contributed by atoms with E-state index in [1.807, 2.05) is 11.8 Å². The lowest BCUT2D eigenvalue weighted by atomic mass is 10.4. The minimum absolute atomic E-state index is 0.249. The third-order valence-electron chi connectivity index (χ3n) is 2.47. The maximum Gasteiger partial charge on any atom is 0.360 e. The smallest absolute Gasteiger partial charge is 0.360 e. The van der Waals surface area contributed by atoms with E-state index >= 15 is 0 Å². The average molecular weight is 256 g/mol. The van der Waals surface area contributed by atoms with E-state index < -0.39 is 5.97 Å². The number of thioether (sulfide) groups is 1. The van der Waals surface area contributed by atoms with Crippen molar-refractivity contribution in [1.82, 2.24) is 4.98 Å². The Morgan fingerprint density at radius 3 is 3.29 bits per heavy atom. The van der Waals surface area contributed by atoms with Crippen LogP contribution in [0.4, 0.5) is 6.01 Å². The predicted octanol–water partition coefficient (Wildman–Crippen LogP) is 1.79. The molecule has 0 atom stereocenters. The Bertz CT molecular complexity index is 373. The van der Waals surface area contributed by atoms with Crippen molar-refractivity contribution in [2.75, 3.05) is 36.1 Å². The highest BCUT2D eigenvalue weighted by atomic mass is 32.2. The van der Waals surface area contributed by atoms with E-state index in [1.165, 1.54) is 12.0 Å². The third-order valence-corrected chi connectivity index (χ3v) is 3.52. The number of hydrogen-bond donors (Lipinski definition) is 0. The molecule has 5 nitrogen and oxygen atoms in total. The highest BCUT2D eigenvalue weighted by Crippen LogP contribution is 2.18. The number of anilines is 1. The average Bonchev–Trinajstić information content (AvgIpc) is 2.66. The molecule has 0 aliphatic carbocycles. The fraction of sp³-hybridized carbons (Fsp3) is 0.636. The summed E-state index contributed by atoms with van der Waals surface area (Å²) in [5.74, 6) is 1.81. The Kier molecular flexibility index (Phi) is 4.30. The van der Waals surface area contributed by atoms with Gasteiger partial charge in [0.25, 0.3) is 6.01 Å². The molecule has 1 saturated heterocycles. The van der Waals surface area contributed by atoms with Gasteiger partial charge in [-0.15, -0.1) is 0 Å². The molecule has 0 saturated carbocycles. The topological polar surface area (TPSA) is 55.6 Å². The second-order valence-corrected chi connectivity index (χ2v) is 4.91. The first-order valence-corrected chi connectivity index (χ1v) is 6.92. The number of carbonyl (C=O) groups excluding carboxylic acids is 1. The summed E-state index contributed by atoms with van der Waals surface area (Å²) >= 11 is 1.93. The molecule has 1 aromatic heterocycles. The zero-order valence-electron chi connectivity index (χ0n) is 9.85. The van der Waals surface area contributed by atoms with E-state index in [9.17, 15) is 4.79 Å². The normalized spacial score (nSPS) is 16.6. The van der Waals surface area contributed by atoms with Crippen molar-refractivity contribution in [1.29, 1.82) is 0 Å². The van der Waals surface area contributed by atoms with Crippen LogP contribution < -0.4 is 4.90 Å². The van der Waals surface area contributed by atoms with Gasteiger partial charge in [-0.2, -0.15) is 16.7 Å². The monoisotopic (exact) mass is 256 g/mol. The third kappa shape index (κ3) is 3.15. The van der Waals surface area contributed by atoms with Crippen molar-refractivity contribution in [2.24, 2.45) is 0 Å². The van der Waals surface area contributed by atoms with Crippen LogP contribution >= 0.6 is 11.8 Å². The summed E-state index contributed by atoms with van der Waals surface area (Å²) in [6.45, 7) is 3.95. The molecule has 1 aliphatic heterocycles. The maximum absolute atomic E-state index is 11.4. The van der Waals surface area contributed by atoms with Crippen molar-refractivity contribution < 1.29 is 13.9 Å². The molecule has 6 heteroatoms. The van der Waals surface area contributed by atoms with E-state index in [0.717, 1.165) is 25.3 Å². The first kappa shape index (κ1) is 12.3. The fourth-order valence-electron chi connectivity index (χ4n) is 1.65. The van der Waals surface area contributed by atoms with Gasteiger partial charge in [0.05, 0.1) is 6.61 Å². The highest BCUT2D eigenvalue weighted by Gasteiger charge is 2.18. The summed E-state index contributed by atoms with van der Waals surface area (Å²) in [5.41, 5.74) is 0.249. The first-order chi connectivity index (χ1) is 8.31. The molecular formula is C11H16N2O3S. The van der Waals surface area contributed by atoms with Crippen LogP contribution in [-0.4, -0.2) is 42.2 Å². The molecule has 0 radical (unpaired) electrons. The quantitative estimate of drug-likeness (QED) is 0.769. The van der Waals surface area contributed by atoms with Crippen molar-refractivity contribution in [3.63, 3.8) is 0 Å². The largest absolute Gasteiger partial charge is 0.461 e. The number of carbonyl (C=O) groups is 1. The lowest BCUT2D eigenvalue weighted by Gasteiger charge is -2.16. The van der Waals surface area contributed by atoms with Crippen molar-refractivity contribution in [3.05, 3.63) is 12.0 Å². The van der Waals surface area contributed by atoms with Crippen molar-refractivity contribution in [2.45, 2.75) is 13.3 Å². The van der Waals surface area contributed by atoms with Gasteiger partial charge < -0.3 is 14.1 Å². The molecule has 2 rings (SSSR count). The number of aromatic nitrogens is 1. The molecule has 94 valence electrons. The molecule has 0 spiro atoms. The summed E-state index contributed by atoms with van der Waals surface area (Å²) in [5, 5.41) is 0. The van der Waals surface area contributed by atoms with Crippen LogP contribution in [0.2, 0.25) is 0 Å². The van der Waals surface area contributed by atoms with E-state index in [1.54, 1.807) is 6.92 Å². The molecule has 0 aromatic carbocycles. The van der Waals surface area contributed by atoms with Crippen LogP contribution in [0.15, 0.2) is 10.7 Å². The minimum atomic E-state index is -0.424. The van der Waals surface area contributed by atoms with Gasteiger partial charge in [-0.3, -0.25) is 0 Å². The van der Waals surface area contributed by atoms with Crippen LogP contribution in [0.5, 0.6) is 0 Å². The lowest BCUT2D eigenvalue weighted by molar-refractivity contribution is 0.0519. The van der Waals surface area contributed by atoms with Gasteiger partial charge in [0.2, 0.25) is 0 Å². The molecule has 2 heterocycles. The first-order valence-electron chi connectivity index (χ1n) is 5.76. The van der Waals surface area contributed by atoms with Crippen LogP contribution in [-0.2, 0) is 4.74 Å². The van der Waals surface area contributed by atoms with Crippen molar-refractivity contribution >= 4 is 23.7 Å². The van der Waals surface area contributed by atoms with Gasteiger partial charge >= 0.3 is 5.97 Å². The molecule has 0 amide bonds. The van der Waals surface area contributed by atoms with Gasteiger partial charge in [-0.05, 0) is 19.1 Å². The molecular weight excluding hydrogens is 240 g/mol. The second-order valence-electron chi connectivity index (χ2n) is 3.69. The zero-order chi connectivity index (χ0) is 12.1. The summed E-state index contributed by atoms with van der Waals surface area (Å²) in [6, 6.07) is 0.524. The number of esters is 1. The highest BCUT2D eigenvalue weighted by molar-refractivity contribution is 7.99. The predicted molar refractivity (Wildman–Crippen MR) is 66.6 cm³/mol. The number of hydrogen-bond acceptors (Lipinski definition) is 6. The Labute approximate surface area is 105 Å². The second kappa shape index (κ2) is 5.95. The molecule has 1 aliphatic rings. The summed E-state index contributed by atoms with van der Waals surface area (Å²) in [6.07, 6.45) is 2.48. The zero-order valence-corrected chi connectivity index (χ0v) is 10.7. The van der Waals surface area contributed by atoms with E-state index in [0.29, 0.717) is 12.6 Å². The van der Waals surface area contributed by atoms with E-state index in [4.69, 9.17) is 9.15 Å². The Balaban J connectivity index is 2.03.